The van der Waals surface area contributed by atoms with Crippen LogP contribution in [0.2, 0.25) is 0 Å². The number of hydrogen-bond donors (Lipinski definition) is 1. The van der Waals surface area contributed by atoms with E-state index in [1.807, 2.05) is 10.4 Å². The van der Waals surface area contributed by atoms with Crippen molar-refractivity contribution in [2.45, 2.75) is 26.2 Å². The van der Waals surface area contributed by atoms with E-state index in [0.29, 0.717) is 13.2 Å². The molecule has 19 heavy (non-hydrogen) atoms. The third-order valence-corrected chi connectivity index (χ3v) is 4.97. The number of ether oxygens (including phenoxy) is 1. The summed E-state index contributed by atoms with van der Waals surface area (Å²) in [5.74, 6) is 0.801. The highest BCUT2D eigenvalue weighted by Crippen LogP contribution is 2.32. The highest BCUT2D eigenvalue weighted by atomic mass is 32.1. The molecule has 1 aliphatic carbocycles. The third-order valence-electron chi connectivity index (χ3n) is 3.92. The maximum absolute atomic E-state index is 12.3. The van der Waals surface area contributed by atoms with E-state index in [1.165, 1.54) is 16.9 Å². The fourth-order valence-electron chi connectivity index (χ4n) is 2.75. The van der Waals surface area contributed by atoms with Crippen LogP contribution in [0.15, 0.2) is 5.38 Å². The molecule has 1 saturated heterocycles. The Morgan fingerprint density at radius 2 is 2.26 bits per heavy atom. The molecular formula is C14H20N2O2S. The number of fused-ring (bicyclic) bond motifs is 1. The second-order valence-corrected chi connectivity index (χ2v) is 6.40. The summed E-state index contributed by atoms with van der Waals surface area (Å²) in [6.07, 6.45) is 3.37. The van der Waals surface area contributed by atoms with Gasteiger partial charge < -0.3 is 4.74 Å². The van der Waals surface area contributed by atoms with Gasteiger partial charge in [0.15, 0.2) is 0 Å². The molecule has 1 aliphatic heterocycles. The van der Waals surface area contributed by atoms with E-state index in [9.17, 15) is 4.79 Å². The van der Waals surface area contributed by atoms with Crippen molar-refractivity contribution >= 4 is 17.2 Å². The largest absolute Gasteiger partial charge is 0.379 e. The second kappa shape index (κ2) is 5.61. The Morgan fingerprint density at radius 3 is 3.05 bits per heavy atom. The number of nitrogens with one attached hydrogen (secondary N) is 1. The van der Waals surface area contributed by atoms with Crippen molar-refractivity contribution in [1.29, 1.82) is 0 Å². The van der Waals surface area contributed by atoms with Gasteiger partial charge in [0.05, 0.1) is 18.8 Å². The van der Waals surface area contributed by atoms with Gasteiger partial charge in [0.25, 0.3) is 5.91 Å². The maximum Gasteiger partial charge on any atom is 0.266 e. The molecule has 1 aromatic heterocycles. The summed E-state index contributed by atoms with van der Waals surface area (Å²) in [5.41, 5.74) is 5.18. The topological polar surface area (TPSA) is 41.6 Å². The van der Waals surface area contributed by atoms with Gasteiger partial charge in [-0.25, -0.2) is 5.01 Å². The monoisotopic (exact) mass is 280 g/mol. The summed E-state index contributed by atoms with van der Waals surface area (Å²) in [6, 6.07) is 0. The zero-order valence-corrected chi connectivity index (χ0v) is 12.1. The van der Waals surface area contributed by atoms with Crippen molar-refractivity contribution in [2.24, 2.45) is 5.92 Å². The molecule has 1 unspecified atom stereocenters. The van der Waals surface area contributed by atoms with Crippen LogP contribution in [0, 0.1) is 5.92 Å². The lowest BCUT2D eigenvalue weighted by atomic mass is 9.88. The molecule has 2 aliphatic rings. The molecule has 0 saturated carbocycles. The molecule has 104 valence electrons. The van der Waals surface area contributed by atoms with Crippen LogP contribution in [0.5, 0.6) is 0 Å². The average molecular weight is 280 g/mol. The summed E-state index contributed by atoms with van der Waals surface area (Å²) in [7, 11) is 0. The normalized spacial score (nSPS) is 23.9. The molecule has 2 heterocycles. The second-order valence-electron chi connectivity index (χ2n) is 5.44. The average Bonchev–Trinajstić information content (AvgIpc) is 2.82. The van der Waals surface area contributed by atoms with Crippen LogP contribution in [0.3, 0.4) is 0 Å². The Kier molecular flexibility index (Phi) is 3.86. The molecular weight excluding hydrogens is 260 g/mol. The highest BCUT2D eigenvalue weighted by Gasteiger charge is 2.24. The van der Waals surface area contributed by atoms with Crippen molar-refractivity contribution in [3.8, 4) is 0 Å². The smallest absolute Gasteiger partial charge is 0.266 e. The van der Waals surface area contributed by atoms with Gasteiger partial charge in [-0.05, 0) is 30.7 Å². The Bertz CT molecular complexity index is 466. The zero-order valence-electron chi connectivity index (χ0n) is 11.3. The summed E-state index contributed by atoms with van der Waals surface area (Å²) in [4.78, 5) is 13.7. The molecule has 1 fully saturated rings. The van der Waals surface area contributed by atoms with Crippen LogP contribution in [-0.4, -0.2) is 37.2 Å². The quantitative estimate of drug-likeness (QED) is 0.899. The minimum Gasteiger partial charge on any atom is -0.379 e. The molecule has 4 nitrogen and oxygen atoms in total. The fraction of sp³-hybridized carbons (Fsp3) is 0.643. The lowest BCUT2D eigenvalue weighted by Crippen LogP contribution is -2.48. The zero-order chi connectivity index (χ0) is 13.2. The Hall–Kier alpha value is -0.910. The van der Waals surface area contributed by atoms with Crippen LogP contribution in [0.4, 0.5) is 0 Å². The van der Waals surface area contributed by atoms with Gasteiger partial charge in [-0.2, -0.15) is 0 Å². The molecule has 3 rings (SSSR count). The number of carbonyl (C=O) groups excluding carboxylic acids is 1. The summed E-state index contributed by atoms with van der Waals surface area (Å²) >= 11 is 1.74. The fourth-order valence-corrected chi connectivity index (χ4v) is 3.99. The van der Waals surface area contributed by atoms with E-state index < -0.39 is 0 Å². The molecule has 1 atom stereocenters. The number of thiophene rings is 1. The number of hydrogen-bond acceptors (Lipinski definition) is 4. The van der Waals surface area contributed by atoms with Gasteiger partial charge in [0, 0.05) is 23.3 Å². The lowest BCUT2D eigenvalue weighted by molar-refractivity contribution is 0.0126. The van der Waals surface area contributed by atoms with E-state index in [1.54, 1.807) is 11.3 Å². The summed E-state index contributed by atoms with van der Waals surface area (Å²) in [6.45, 7) is 5.22. The van der Waals surface area contributed by atoms with E-state index in [-0.39, 0.29) is 5.91 Å². The molecule has 1 aromatic rings. The molecule has 0 spiro atoms. The highest BCUT2D eigenvalue weighted by molar-refractivity contribution is 7.10. The van der Waals surface area contributed by atoms with Gasteiger partial charge in [-0.1, -0.05) is 6.92 Å². The van der Waals surface area contributed by atoms with Crippen molar-refractivity contribution < 1.29 is 9.53 Å². The number of rotatable bonds is 2. The molecule has 0 radical (unpaired) electrons. The van der Waals surface area contributed by atoms with E-state index in [0.717, 1.165) is 37.4 Å². The van der Waals surface area contributed by atoms with Gasteiger partial charge >= 0.3 is 0 Å². The number of carbonyl (C=O) groups is 1. The van der Waals surface area contributed by atoms with E-state index >= 15 is 0 Å². The predicted molar refractivity (Wildman–Crippen MR) is 75.4 cm³/mol. The number of morpholine rings is 1. The first-order valence-corrected chi connectivity index (χ1v) is 7.85. The van der Waals surface area contributed by atoms with Crippen LogP contribution in [-0.2, 0) is 17.6 Å². The Labute approximate surface area is 117 Å². The Balaban J connectivity index is 1.70. The van der Waals surface area contributed by atoms with Crippen molar-refractivity contribution in [3.63, 3.8) is 0 Å². The molecule has 0 bridgehead atoms. The van der Waals surface area contributed by atoms with Gasteiger partial charge in [0.2, 0.25) is 0 Å². The first-order chi connectivity index (χ1) is 9.24. The molecule has 0 aromatic carbocycles. The van der Waals surface area contributed by atoms with Crippen molar-refractivity contribution in [3.05, 3.63) is 21.4 Å². The van der Waals surface area contributed by atoms with Crippen molar-refractivity contribution in [1.82, 2.24) is 10.4 Å². The minimum atomic E-state index is 0.0500. The Morgan fingerprint density at radius 1 is 1.47 bits per heavy atom. The first-order valence-electron chi connectivity index (χ1n) is 6.97. The third kappa shape index (κ3) is 2.83. The van der Waals surface area contributed by atoms with Crippen LogP contribution >= 0.6 is 11.3 Å². The van der Waals surface area contributed by atoms with Gasteiger partial charge in [-0.15, -0.1) is 11.3 Å². The minimum absolute atomic E-state index is 0.0500. The number of amides is 1. The lowest BCUT2D eigenvalue weighted by Gasteiger charge is -2.27. The van der Waals surface area contributed by atoms with Crippen molar-refractivity contribution in [2.75, 3.05) is 26.3 Å². The molecule has 5 heteroatoms. The first kappa shape index (κ1) is 13.1. The SMILES string of the molecule is CC1CCc2c(C(=O)NN3CCOCC3)csc2C1. The van der Waals surface area contributed by atoms with E-state index in [2.05, 4.69) is 12.3 Å². The van der Waals surface area contributed by atoms with Crippen LogP contribution in [0.1, 0.15) is 34.1 Å². The predicted octanol–water partition coefficient (Wildman–Crippen LogP) is 1.85. The van der Waals surface area contributed by atoms with Crippen LogP contribution < -0.4 is 5.43 Å². The standard InChI is InChI=1S/C14H20N2O2S/c1-10-2-3-11-12(9-19-13(11)8-10)14(17)15-16-4-6-18-7-5-16/h9-10H,2-8H2,1H3,(H,15,17). The maximum atomic E-state index is 12.3. The molecule has 1 N–H and O–H groups in total. The van der Waals surface area contributed by atoms with Gasteiger partial charge in [-0.3, -0.25) is 10.2 Å². The molecule has 1 amide bonds. The van der Waals surface area contributed by atoms with E-state index in [4.69, 9.17) is 4.74 Å². The van der Waals surface area contributed by atoms with Gasteiger partial charge in [0.1, 0.15) is 0 Å². The summed E-state index contributed by atoms with van der Waals surface area (Å²) < 4.78 is 5.28. The summed E-state index contributed by atoms with van der Waals surface area (Å²) in [5, 5.41) is 3.99. The number of hydrazine groups is 1. The van der Waals surface area contributed by atoms with Crippen LogP contribution in [0.25, 0.3) is 0 Å². The number of nitrogens with zero attached hydrogens (tertiary/aromatic N) is 1.